The van der Waals surface area contributed by atoms with Crippen LogP contribution < -0.4 is 0 Å². The number of benzene rings is 1. The van der Waals surface area contributed by atoms with Gasteiger partial charge >= 0.3 is 0 Å². The second kappa shape index (κ2) is 7.58. The number of carbonyl (C=O) groups is 1. The van der Waals surface area contributed by atoms with Gasteiger partial charge in [-0.15, -0.1) is 0 Å². The number of rotatable bonds is 5. The molecule has 3 atom stereocenters. The molecule has 1 aromatic carbocycles. The summed E-state index contributed by atoms with van der Waals surface area (Å²) < 4.78 is 24.1. The first-order chi connectivity index (χ1) is 12.5. The smallest absolute Gasteiger partial charge is 0.227 e. The first kappa shape index (κ1) is 21.0. The van der Waals surface area contributed by atoms with Crippen LogP contribution in [-0.4, -0.2) is 36.8 Å². The first-order valence-electron chi connectivity index (χ1n) is 8.80. The van der Waals surface area contributed by atoms with Crippen molar-refractivity contribution in [1.29, 1.82) is 0 Å². The topological polar surface area (TPSA) is 54.5 Å². The minimum absolute atomic E-state index is 0.00684. The lowest BCUT2D eigenvalue weighted by Crippen LogP contribution is -2.42. The van der Waals surface area contributed by atoms with Gasteiger partial charge in [0.25, 0.3) is 0 Å². The molecule has 2 fully saturated rings. The van der Waals surface area contributed by atoms with Crippen LogP contribution in [0.15, 0.2) is 34.8 Å². The molecule has 1 saturated carbocycles. The number of sulfone groups is 1. The van der Waals surface area contributed by atoms with Gasteiger partial charge in [0.15, 0.2) is 9.84 Å². The molecule has 0 spiro atoms. The lowest BCUT2D eigenvalue weighted by atomic mass is 10.1. The van der Waals surface area contributed by atoms with Crippen LogP contribution in [0.25, 0.3) is 0 Å². The maximum absolute atomic E-state index is 13.4. The molecule has 27 heavy (non-hydrogen) atoms. The second-order valence-corrected chi connectivity index (χ2v) is 11.5. The summed E-state index contributed by atoms with van der Waals surface area (Å²) in [5.74, 6) is -0.322. The Labute approximate surface area is 175 Å². The molecule has 0 N–H and O–H groups in total. The molecule has 4 nitrogen and oxygen atoms in total. The van der Waals surface area contributed by atoms with E-state index in [0.717, 1.165) is 5.56 Å². The fourth-order valence-corrected chi connectivity index (χ4v) is 6.19. The molecule has 2 aliphatic rings. The molecular weight excluding hydrogens is 429 g/mol. The zero-order chi connectivity index (χ0) is 20.0. The van der Waals surface area contributed by atoms with Gasteiger partial charge in [-0.05, 0) is 35.5 Å². The van der Waals surface area contributed by atoms with Gasteiger partial charge in [0.2, 0.25) is 5.91 Å². The predicted octanol–water partition coefficient (Wildman–Crippen LogP) is 4.45. The molecule has 0 radical (unpaired) electrons. The van der Waals surface area contributed by atoms with Crippen LogP contribution in [0.3, 0.4) is 0 Å². The molecule has 1 aliphatic heterocycles. The third-order valence-electron chi connectivity index (χ3n) is 5.71. The predicted molar refractivity (Wildman–Crippen MR) is 110 cm³/mol. The third-order valence-corrected chi connectivity index (χ3v) is 8.08. The summed E-state index contributed by atoms with van der Waals surface area (Å²) in [6.45, 7) is 4.27. The number of nitrogens with zero attached hydrogens (tertiary/aromatic N) is 1. The van der Waals surface area contributed by atoms with E-state index in [-0.39, 0.29) is 51.7 Å². The third kappa shape index (κ3) is 4.47. The Hall–Kier alpha value is -0.750. The summed E-state index contributed by atoms with van der Waals surface area (Å²) in [6.07, 6.45) is 2.15. The average Bonchev–Trinajstić information content (AvgIpc) is 2.90. The Morgan fingerprint density at radius 2 is 1.96 bits per heavy atom. The van der Waals surface area contributed by atoms with Crippen LogP contribution in [0.1, 0.15) is 25.8 Å². The van der Waals surface area contributed by atoms with Gasteiger partial charge in [-0.3, -0.25) is 4.79 Å². The highest BCUT2D eigenvalue weighted by Crippen LogP contribution is 2.60. The van der Waals surface area contributed by atoms with Crippen LogP contribution in [-0.2, 0) is 21.2 Å². The molecule has 1 heterocycles. The van der Waals surface area contributed by atoms with Gasteiger partial charge in [-0.1, -0.05) is 66.8 Å². The highest BCUT2D eigenvalue weighted by molar-refractivity contribution is 7.91. The molecule has 1 aliphatic carbocycles. The number of halogens is 3. The molecule has 1 saturated heterocycles. The van der Waals surface area contributed by atoms with E-state index in [1.165, 1.54) is 0 Å². The van der Waals surface area contributed by atoms with E-state index in [1.807, 2.05) is 32.0 Å². The highest BCUT2D eigenvalue weighted by Gasteiger charge is 2.62. The normalized spacial score (nSPS) is 27.8. The molecular formula is C19H22Cl3NO3S. The van der Waals surface area contributed by atoms with E-state index < -0.39 is 9.84 Å². The van der Waals surface area contributed by atoms with Crippen LogP contribution in [0.5, 0.6) is 0 Å². The fraction of sp³-hybridized carbons (Fsp3) is 0.526. The molecule has 148 valence electrons. The van der Waals surface area contributed by atoms with Gasteiger partial charge in [0, 0.05) is 17.6 Å². The van der Waals surface area contributed by atoms with E-state index in [1.54, 1.807) is 17.0 Å². The Kier molecular flexibility index (Phi) is 5.89. The second-order valence-electron chi connectivity index (χ2n) is 7.90. The minimum atomic E-state index is -3.12. The maximum Gasteiger partial charge on any atom is 0.227 e. The molecule has 3 rings (SSSR count). The summed E-state index contributed by atoms with van der Waals surface area (Å²) in [6, 6.07) is 6.97. The number of hydrogen-bond acceptors (Lipinski definition) is 3. The lowest BCUT2D eigenvalue weighted by molar-refractivity contribution is -0.136. The first-order valence-corrected chi connectivity index (χ1v) is 11.8. The van der Waals surface area contributed by atoms with Crippen molar-refractivity contribution in [2.75, 3.05) is 11.5 Å². The largest absolute Gasteiger partial charge is 0.334 e. The molecule has 1 amide bonds. The summed E-state index contributed by atoms with van der Waals surface area (Å²) in [5.41, 5.74) is 0.528. The summed E-state index contributed by atoms with van der Waals surface area (Å²) in [7, 11) is -3.12. The quantitative estimate of drug-likeness (QED) is 0.666. The van der Waals surface area contributed by atoms with Crippen molar-refractivity contribution in [1.82, 2.24) is 4.90 Å². The summed E-state index contributed by atoms with van der Waals surface area (Å²) in [4.78, 5) is 15.1. The Balaban J connectivity index is 1.89. The minimum Gasteiger partial charge on any atom is -0.334 e. The fourth-order valence-electron chi connectivity index (χ4n) is 3.99. The van der Waals surface area contributed by atoms with Gasteiger partial charge in [-0.25, -0.2) is 8.42 Å². The standard InChI is InChI=1S/C19H22Cl3NO3S/c1-19(2)14(9-16(21)22)17(19)18(24)23(13-7-8-27(25,26)11-13)10-12-5-3-4-6-15(12)20/h3-6,9,13-14,17H,7-8,10-11H2,1-2H3/t13-,14+,17-/m0/s1. The van der Waals surface area contributed by atoms with Crippen LogP contribution in [0.4, 0.5) is 0 Å². The molecule has 1 aromatic rings. The van der Waals surface area contributed by atoms with Crippen LogP contribution in [0, 0.1) is 17.3 Å². The number of amides is 1. The van der Waals surface area contributed by atoms with E-state index in [9.17, 15) is 13.2 Å². The van der Waals surface area contributed by atoms with Gasteiger partial charge < -0.3 is 4.90 Å². The molecule has 0 bridgehead atoms. The monoisotopic (exact) mass is 449 g/mol. The SMILES string of the molecule is CC1(C)[C@H](C=C(Cl)Cl)[C@H]1C(=O)N(Cc1ccccc1Cl)[C@H]1CCS(=O)(=O)C1. The van der Waals surface area contributed by atoms with Crippen molar-refractivity contribution in [3.05, 3.63) is 45.4 Å². The van der Waals surface area contributed by atoms with E-state index >= 15 is 0 Å². The van der Waals surface area contributed by atoms with Gasteiger partial charge in [-0.2, -0.15) is 0 Å². The highest BCUT2D eigenvalue weighted by atomic mass is 35.5. The number of allylic oxidation sites excluding steroid dienone is 1. The summed E-state index contributed by atoms with van der Waals surface area (Å²) >= 11 is 17.9. The van der Waals surface area contributed by atoms with E-state index in [2.05, 4.69) is 0 Å². The average molecular weight is 451 g/mol. The van der Waals surface area contributed by atoms with Crippen LogP contribution >= 0.6 is 34.8 Å². The maximum atomic E-state index is 13.4. The van der Waals surface area contributed by atoms with Gasteiger partial charge in [0.1, 0.15) is 4.49 Å². The number of hydrogen-bond donors (Lipinski definition) is 0. The number of carbonyl (C=O) groups excluding carboxylic acids is 1. The lowest BCUT2D eigenvalue weighted by Gasteiger charge is -2.29. The zero-order valence-corrected chi connectivity index (χ0v) is 18.2. The van der Waals surface area contributed by atoms with Crippen molar-refractivity contribution < 1.29 is 13.2 Å². The van der Waals surface area contributed by atoms with E-state index in [4.69, 9.17) is 34.8 Å². The Morgan fingerprint density at radius 3 is 2.52 bits per heavy atom. The zero-order valence-electron chi connectivity index (χ0n) is 15.2. The Morgan fingerprint density at radius 1 is 1.30 bits per heavy atom. The van der Waals surface area contributed by atoms with Crippen molar-refractivity contribution in [2.24, 2.45) is 17.3 Å². The van der Waals surface area contributed by atoms with Crippen LogP contribution in [0.2, 0.25) is 5.02 Å². The molecule has 8 heteroatoms. The van der Waals surface area contributed by atoms with Crippen molar-refractivity contribution in [3.63, 3.8) is 0 Å². The van der Waals surface area contributed by atoms with E-state index in [0.29, 0.717) is 11.4 Å². The molecule has 0 unspecified atom stereocenters. The Bertz CT molecular complexity index is 878. The van der Waals surface area contributed by atoms with Crippen molar-refractivity contribution in [2.45, 2.75) is 32.9 Å². The van der Waals surface area contributed by atoms with Crippen molar-refractivity contribution in [3.8, 4) is 0 Å². The van der Waals surface area contributed by atoms with Crippen molar-refractivity contribution >= 4 is 50.5 Å². The summed E-state index contributed by atoms with van der Waals surface area (Å²) in [5, 5.41) is 0.562. The van der Waals surface area contributed by atoms with Gasteiger partial charge in [0.05, 0.1) is 17.4 Å². The molecule has 0 aromatic heterocycles.